The lowest BCUT2D eigenvalue weighted by atomic mass is 9.69. The van der Waals surface area contributed by atoms with Crippen LogP contribution in [0.25, 0.3) is 65.8 Å². The number of hydrogen-bond donors (Lipinski definition) is 0. The van der Waals surface area contributed by atoms with E-state index < -0.39 is 5.41 Å². The minimum Gasteiger partial charge on any atom is -0.309 e. The van der Waals surface area contributed by atoms with Gasteiger partial charge in [-0.2, -0.15) is 10.5 Å². The topological polar surface area (TPSA) is 57.4 Å². The van der Waals surface area contributed by atoms with Gasteiger partial charge in [-0.05, 0) is 55.0 Å². The molecule has 210 valence electrons. The Balaban J connectivity index is 1.42. The number of hydrogen-bond acceptors (Lipinski definition) is 2. The van der Waals surface area contributed by atoms with Crippen molar-refractivity contribution in [1.82, 2.24) is 9.13 Å². The summed E-state index contributed by atoms with van der Waals surface area (Å²) in [5.41, 5.74) is 7.87. The highest BCUT2D eigenvalue weighted by Crippen LogP contribution is 2.47. The van der Waals surface area contributed by atoms with Crippen LogP contribution >= 0.6 is 0 Å². The van der Waals surface area contributed by atoms with Crippen molar-refractivity contribution < 1.29 is 0 Å². The van der Waals surface area contributed by atoms with E-state index in [2.05, 4.69) is 131 Å². The minimum absolute atomic E-state index is 0.0287. The molecule has 0 N–H and O–H groups in total. The van der Waals surface area contributed by atoms with Crippen molar-refractivity contribution in [3.8, 4) is 17.8 Å². The summed E-state index contributed by atoms with van der Waals surface area (Å²) in [7, 11) is 0. The van der Waals surface area contributed by atoms with Gasteiger partial charge in [0, 0.05) is 43.9 Å². The first-order valence-electron chi connectivity index (χ1n) is 15.2. The zero-order valence-corrected chi connectivity index (χ0v) is 24.6. The van der Waals surface area contributed by atoms with Crippen LogP contribution in [0.1, 0.15) is 12.5 Å². The summed E-state index contributed by atoms with van der Waals surface area (Å²) in [5, 5.41) is 26.7. The number of benzene rings is 5. The SMILES string of the molecule is CC1(C#N)C=CC(n2c3ccccc3c3cc4c(cc32)c2ccccc2n4-c2ccc(C#N)c3ccccc23)=C2C=CC=CC21. The largest absolute Gasteiger partial charge is 0.309 e. The van der Waals surface area contributed by atoms with Crippen LogP contribution in [0.3, 0.4) is 0 Å². The molecular weight excluding hydrogens is 548 g/mol. The fourth-order valence-corrected chi connectivity index (χ4v) is 7.60. The fourth-order valence-electron chi connectivity index (χ4n) is 7.60. The van der Waals surface area contributed by atoms with E-state index in [1.165, 1.54) is 21.5 Å². The highest BCUT2D eigenvalue weighted by atomic mass is 15.0. The maximum Gasteiger partial charge on any atom is 0.0998 e. The van der Waals surface area contributed by atoms with E-state index in [4.69, 9.17) is 0 Å². The molecule has 2 aliphatic rings. The summed E-state index contributed by atoms with van der Waals surface area (Å²) >= 11 is 0. The summed E-state index contributed by atoms with van der Waals surface area (Å²) < 4.78 is 4.73. The molecule has 45 heavy (non-hydrogen) atoms. The van der Waals surface area contributed by atoms with Gasteiger partial charge in [-0.3, -0.25) is 0 Å². The third-order valence-corrected chi connectivity index (χ3v) is 9.77. The third-order valence-electron chi connectivity index (χ3n) is 9.77. The molecule has 0 spiro atoms. The summed E-state index contributed by atoms with van der Waals surface area (Å²) in [6.07, 6.45) is 12.7. The monoisotopic (exact) mass is 574 g/mol. The summed E-state index contributed by atoms with van der Waals surface area (Å²) in [6.45, 7) is 2.02. The molecule has 0 saturated carbocycles. The number of aromatic nitrogens is 2. The predicted molar refractivity (Wildman–Crippen MR) is 184 cm³/mol. The fraction of sp³-hybridized carbons (Fsp3) is 0.0732. The highest BCUT2D eigenvalue weighted by molar-refractivity contribution is 6.20. The second-order valence-electron chi connectivity index (χ2n) is 12.2. The Labute approximate surface area is 259 Å². The van der Waals surface area contributed by atoms with Gasteiger partial charge in [-0.15, -0.1) is 0 Å². The smallest absolute Gasteiger partial charge is 0.0998 e. The molecule has 0 saturated heterocycles. The van der Waals surface area contributed by atoms with Crippen LogP contribution in [-0.4, -0.2) is 9.13 Å². The van der Waals surface area contributed by atoms with Crippen LogP contribution in [0.2, 0.25) is 0 Å². The third kappa shape index (κ3) is 3.40. The molecule has 0 aliphatic heterocycles. The predicted octanol–water partition coefficient (Wildman–Crippen LogP) is 9.97. The van der Waals surface area contributed by atoms with E-state index in [9.17, 15) is 10.5 Å². The number of rotatable bonds is 2. The molecule has 0 bridgehead atoms. The van der Waals surface area contributed by atoms with Gasteiger partial charge in [0.15, 0.2) is 0 Å². The number of allylic oxidation sites excluding steroid dienone is 8. The maximum atomic E-state index is 10.2. The molecule has 0 fully saturated rings. The van der Waals surface area contributed by atoms with E-state index in [1.807, 2.05) is 31.2 Å². The van der Waals surface area contributed by atoms with E-state index in [0.29, 0.717) is 5.56 Å². The van der Waals surface area contributed by atoms with Crippen molar-refractivity contribution in [3.63, 3.8) is 0 Å². The molecule has 2 unspecified atom stereocenters. The minimum atomic E-state index is -0.608. The van der Waals surface area contributed by atoms with Gasteiger partial charge in [-0.1, -0.05) is 91.0 Å². The van der Waals surface area contributed by atoms with Gasteiger partial charge in [0.2, 0.25) is 0 Å². The Kier molecular flexibility index (Phi) is 5.19. The van der Waals surface area contributed by atoms with Crippen LogP contribution in [-0.2, 0) is 0 Å². The van der Waals surface area contributed by atoms with Crippen molar-refractivity contribution >= 4 is 60.1 Å². The van der Waals surface area contributed by atoms with Gasteiger partial charge < -0.3 is 9.13 Å². The Morgan fingerprint density at radius 2 is 1.24 bits per heavy atom. The van der Waals surface area contributed by atoms with E-state index in [-0.39, 0.29) is 5.92 Å². The van der Waals surface area contributed by atoms with Crippen LogP contribution in [0.15, 0.2) is 139 Å². The molecular formula is C41H26N4. The van der Waals surface area contributed by atoms with Crippen molar-refractivity contribution in [1.29, 1.82) is 10.5 Å². The number of nitriles is 2. The van der Waals surface area contributed by atoms with E-state index in [0.717, 1.165) is 49.8 Å². The molecule has 0 radical (unpaired) electrons. The summed E-state index contributed by atoms with van der Waals surface area (Å²) in [5.74, 6) is -0.0287. The Bertz CT molecular complexity index is 2640. The molecule has 5 aromatic carbocycles. The molecule has 0 amide bonds. The summed E-state index contributed by atoms with van der Waals surface area (Å²) in [6, 6.07) is 39.0. The zero-order valence-electron chi connectivity index (χ0n) is 24.6. The Morgan fingerprint density at radius 1 is 0.622 bits per heavy atom. The van der Waals surface area contributed by atoms with Gasteiger partial charge >= 0.3 is 0 Å². The second-order valence-corrected chi connectivity index (χ2v) is 12.2. The van der Waals surface area contributed by atoms with Crippen molar-refractivity contribution in [3.05, 3.63) is 145 Å². The van der Waals surface area contributed by atoms with Crippen LogP contribution in [0, 0.1) is 34.0 Å². The van der Waals surface area contributed by atoms with Crippen LogP contribution in [0.4, 0.5) is 0 Å². The highest BCUT2D eigenvalue weighted by Gasteiger charge is 2.37. The van der Waals surface area contributed by atoms with Crippen LogP contribution < -0.4 is 0 Å². The maximum absolute atomic E-state index is 10.2. The van der Waals surface area contributed by atoms with E-state index in [1.54, 1.807) is 0 Å². The molecule has 2 aliphatic carbocycles. The standard InChI is InChI=1S/C41H26N4/c1-41(25-43)21-20-38(31-14-4-7-15-34(31)41)45-36-17-9-6-13-30(36)33-22-39-32(23-40(33)45)29-12-5-8-16-35(29)44(39)37-19-18-26(24-42)27-10-2-3-11-28(27)37/h2-23,34H,1H3. The Morgan fingerprint density at radius 3 is 1.93 bits per heavy atom. The molecule has 2 heterocycles. The lowest BCUT2D eigenvalue weighted by molar-refractivity contribution is 0.456. The normalized spacial score (nSPS) is 19.1. The average Bonchev–Trinajstić information content (AvgIpc) is 3.59. The van der Waals surface area contributed by atoms with Crippen molar-refractivity contribution in [2.24, 2.45) is 11.3 Å². The molecule has 2 aromatic heterocycles. The molecule has 9 rings (SSSR count). The second kappa shape index (κ2) is 9.20. The van der Waals surface area contributed by atoms with Gasteiger partial charge in [0.25, 0.3) is 0 Å². The zero-order chi connectivity index (χ0) is 30.3. The lowest BCUT2D eigenvalue weighted by Crippen LogP contribution is -2.28. The first-order valence-corrected chi connectivity index (χ1v) is 15.2. The molecule has 4 nitrogen and oxygen atoms in total. The molecule has 4 heteroatoms. The first-order chi connectivity index (χ1) is 22.1. The molecule has 7 aromatic rings. The number of nitrogens with zero attached hydrogens (tertiary/aromatic N) is 4. The Hall–Kier alpha value is -6.10. The molecule has 2 atom stereocenters. The van der Waals surface area contributed by atoms with E-state index >= 15 is 0 Å². The average molecular weight is 575 g/mol. The van der Waals surface area contributed by atoms with Crippen LogP contribution in [0.5, 0.6) is 0 Å². The van der Waals surface area contributed by atoms with Crippen molar-refractivity contribution in [2.75, 3.05) is 0 Å². The first kappa shape index (κ1) is 25.4. The quantitative estimate of drug-likeness (QED) is 0.206. The van der Waals surface area contributed by atoms with Gasteiger partial charge in [0.05, 0.1) is 50.9 Å². The van der Waals surface area contributed by atoms with Crippen molar-refractivity contribution in [2.45, 2.75) is 6.92 Å². The summed E-state index contributed by atoms with van der Waals surface area (Å²) in [4.78, 5) is 0. The number of para-hydroxylation sites is 2. The van der Waals surface area contributed by atoms with Gasteiger partial charge in [0.1, 0.15) is 0 Å². The lowest BCUT2D eigenvalue weighted by Gasteiger charge is -2.34. The van der Waals surface area contributed by atoms with Gasteiger partial charge in [-0.25, -0.2) is 0 Å². The number of fused-ring (bicyclic) bond motifs is 8.